The van der Waals surface area contributed by atoms with E-state index in [1.165, 1.54) is 6.07 Å². The van der Waals surface area contributed by atoms with Crippen LogP contribution in [0.15, 0.2) is 41.2 Å². The Hall–Kier alpha value is -2.67. The van der Waals surface area contributed by atoms with E-state index in [0.29, 0.717) is 17.1 Å². The van der Waals surface area contributed by atoms with E-state index in [4.69, 9.17) is 11.6 Å². The lowest BCUT2D eigenvalue weighted by molar-refractivity contribution is -0.143. The number of benzene rings is 1. The summed E-state index contributed by atoms with van der Waals surface area (Å²) in [6, 6.07) is 8.76. The molecule has 138 valence electrons. The summed E-state index contributed by atoms with van der Waals surface area (Å²) in [7, 11) is 0. The first-order chi connectivity index (χ1) is 12.3. The van der Waals surface area contributed by atoms with Gasteiger partial charge >= 0.3 is 5.97 Å². The summed E-state index contributed by atoms with van der Waals surface area (Å²) in [5.41, 5.74) is 0.797. The van der Waals surface area contributed by atoms with Crippen LogP contribution < -0.4 is 10.9 Å². The molecule has 1 heterocycles. The first-order valence-electron chi connectivity index (χ1n) is 8.18. The summed E-state index contributed by atoms with van der Waals surface area (Å²) >= 11 is 5.86. The monoisotopic (exact) mass is 377 g/mol. The molecule has 0 saturated carbocycles. The zero-order valence-electron chi connectivity index (χ0n) is 14.5. The van der Waals surface area contributed by atoms with Crippen LogP contribution in [0.1, 0.15) is 20.3 Å². The number of carbonyl (C=O) groups is 2. The van der Waals surface area contributed by atoms with Crippen LogP contribution in [0, 0.1) is 5.92 Å². The zero-order valence-corrected chi connectivity index (χ0v) is 15.2. The third kappa shape index (κ3) is 4.92. The van der Waals surface area contributed by atoms with Gasteiger partial charge in [0, 0.05) is 16.7 Å². The molecule has 8 heteroatoms. The highest BCUT2D eigenvalue weighted by Gasteiger charge is 2.25. The van der Waals surface area contributed by atoms with Crippen LogP contribution in [0.5, 0.6) is 0 Å². The number of nitrogens with zero attached hydrogens (tertiary/aromatic N) is 2. The maximum absolute atomic E-state index is 12.2. The molecule has 0 spiro atoms. The second-order valence-corrected chi connectivity index (χ2v) is 6.43. The molecule has 0 unspecified atom stereocenters. The number of carbonyl (C=O) groups excluding carboxylic acids is 1. The van der Waals surface area contributed by atoms with Crippen LogP contribution in [0.3, 0.4) is 0 Å². The Kier molecular flexibility index (Phi) is 6.52. The number of carboxylic acid groups (broad SMARTS) is 1. The van der Waals surface area contributed by atoms with E-state index in [2.05, 4.69) is 10.4 Å². The van der Waals surface area contributed by atoms with Crippen molar-refractivity contribution in [3.63, 3.8) is 0 Å². The molecule has 2 aromatic rings. The van der Waals surface area contributed by atoms with Gasteiger partial charge in [-0.15, -0.1) is 0 Å². The predicted molar refractivity (Wildman–Crippen MR) is 98.0 cm³/mol. The summed E-state index contributed by atoms with van der Waals surface area (Å²) in [5, 5.41) is 16.5. The van der Waals surface area contributed by atoms with Crippen LogP contribution >= 0.6 is 11.6 Å². The number of aliphatic carboxylic acids is 1. The fourth-order valence-corrected chi connectivity index (χ4v) is 2.50. The fourth-order valence-electron chi connectivity index (χ4n) is 2.38. The summed E-state index contributed by atoms with van der Waals surface area (Å²) in [4.78, 5) is 35.5. The van der Waals surface area contributed by atoms with Crippen LogP contribution in [-0.2, 0) is 16.1 Å². The Morgan fingerprint density at radius 2 is 1.88 bits per heavy atom. The first kappa shape index (κ1) is 19.7. The molecule has 0 aliphatic carbocycles. The van der Waals surface area contributed by atoms with Crippen molar-refractivity contribution in [2.75, 3.05) is 0 Å². The van der Waals surface area contributed by atoms with Crippen molar-refractivity contribution in [2.24, 2.45) is 5.92 Å². The largest absolute Gasteiger partial charge is 0.480 e. The zero-order chi connectivity index (χ0) is 19.3. The van der Waals surface area contributed by atoms with E-state index in [1.54, 1.807) is 37.3 Å². The quantitative estimate of drug-likeness (QED) is 0.770. The number of carboxylic acids is 1. The smallest absolute Gasteiger partial charge is 0.326 e. The molecule has 1 amide bonds. The molecule has 7 nitrogen and oxygen atoms in total. The Morgan fingerprint density at radius 3 is 2.46 bits per heavy atom. The van der Waals surface area contributed by atoms with Crippen LogP contribution in [0.2, 0.25) is 5.02 Å². The molecule has 0 fully saturated rings. The van der Waals surface area contributed by atoms with Gasteiger partial charge < -0.3 is 10.4 Å². The van der Waals surface area contributed by atoms with Gasteiger partial charge in [0.15, 0.2) is 0 Å². The number of rotatable bonds is 7. The number of nitrogens with one attached hydrogen (secondary N) is 1. The Balaban J connectivity index is 2.19. The molecule has 0 saturated heterocycles. The highest BCUT2D eigenvalue weighted by Crippen LogP contribution is 2.18. The Bertz CT molecular complexity index is 848. The van der Waals surface area contributed by atoms with E-state index in [9.17, 15) is 19.5 Å². The second kappa shape index (κ2) is 8.62. The van der Waals surface area contributed by atoms with E-state index in [-0.39, 0.29) is 12.5 Å². The van der Waals surface area contributed by atoms with Gasteiger partial charge in [-0.3, -0.25) is 9.59 Å². The maximum Gasteiger partial charge on any atom is 0.326 e. The van der Waals surface area contributed by atoms with Gasteiger partial charge in [-0.2, -0.15) is 5.10 Å². The molecule has 2 atom stereocenters. The van der Waals surface area contributed by atoms with Gasteiger partial charge in [-0.05, 0) is 24.1 Å². The van der Waals surface area contributed by atoms with Crippen molar-refractivity contribution >= 4 is 23.5 Å². The Labute approximate surface area is 155 Å². The van der Waals surface area contributed by atoms with Crippen molar-refractivity contribution in [3.05, 3.63) is 51.8 Å². The summed E-state index contributed by atoms with van der Waals surface area (Å²) in [6.45, 7) is 3.22. The van der Waals surface area contributed by atoms with Gasteiger partial charge in [-0.25, -0.2) is 9.48 Å². The molecular formula is C18H20ClN3O4. The molecule has 0 aliphatic heterocycles. The second-order valence-electron chi connectivity index (χ2n) is 5.99. The molecule has 0 aliphatic rings. The summed E-state index contributed by atoms with van der Waals surface area (Å²) in [6.07, 6.45) is 0.599. The molecule has 0 radical (unpaired) electrons. The number of aromatic nitrogens is 2. The molecule has 1 aromatic heterocycles. The van der Waals surface area contributed by atoms with Gasteiger partial charge in [0.2, 0.25) is 5.91 Å². The van der Waals surface area contributed by atoms with E-state index >= 15 is 0 Å². The number of amides is 1. The fraction of sp³-hybridized carbons (Fsp3) is 0.333. The van der Waals surface area contributed by atoms with Gasteiger partial charge in [0.05, 0.1) is 5.69 Å². The minimum Gasteiger partial charge on any atom is -0.480 e. The van der Waals surface area contributed by atoms with Crippen LogP contribution in [0.25, 0.3) is 11.3 Å². The van der Waals surface area contributed by atoms with Crippen LogP contribution in [0.4, 0.5) is 0 Å². The number of hydrogen-bond donors (Lipinski definition) is 2. The van der Waals surface area contributed by atoms with Crippen molar-refractivity contribution in [2.45, 2.75) is 32.9 Å². The van der Waals surface area contributed by atoms with Crippen molar-refractivity contribution in [1.82, 2.24) is 15.1 Å². The minimum atomic E-state index is -1.11. The topological polar surface area (TPSA) is 101 Å². The average molecular weight is 378 g/mol. The maximum atomic E-state index is 12.2. The number of halogens is 1. The number of hydrogen-bond acceptors (Lipinski definition) is 4. The highest BCUT2D eigenvalue weighted by atomic mass is 35.5. The predicted octanol–water partition coefficient (Wildman–Crippen LogP) is 2.18. The first-order valence-corrected chi connectivity index (χ1v) is 8.56. The Morgan fingerprint density at radius 1 is 1.23 bits per heavy atom. The van der Waals surface area contributed by atoms with Crippen molar-refractivity contribution < 1.29 is 14.7 Å². The lowest BCUT2D eigenvalue weighted by Gasteiger charge is -2.20. The van der Waals surface area contributed by atoms with Crippen molar-refractivity contribution in [1.29, 1.82) is 0 Å². The minimum absolute atomic E-state index is 0.235. The van der Waals surface area contributed by atoms with Crippen molar-refractivity contribution in [3.8, 4) is 11.3 Å². The van der Waals surface area contributed by atoms with E-state index in [0.717, 1.165) is 10.2 Å². The van der Waals surface area contributed by atoms with Gasteiger partial charge in [-0.1, -0.05) is 44.0 Å². The third-order valence-corrected chi connectivity index (χ3v) is 4.35. The lowest BCUT2D eigenvalue weighted by Crippen LogP contribution is -2.47. The third-order valence-electron chi connectivity index (χ3n) is 4.10. The molecule has 0 bridgehead atoms. The normalized spacial score (nSPS) is 13.0. The van der Waals surface area contributed by atoms with E-state index in [1.807, 2.05) is 6.92 Å². The lowest BCUT2D eigenvalue weighted by atomic mass is 9.99. The average Bonchev–Trinajstić information content (AvgIpc) is 2.61. The standard InChI is InChI=1S/C18H20ClN3O4/c1-3-11(2)17(18(25)26)20-15(23)10-22-16(24)9-8-14(21-22)12-4-6-13(19)7-5-12/h4-9,11,17H,3,10H2,1-2H3,(H,20,23)(H,25,26)/t11-,17+/m0/s1. The SMILES string of the molecule is CC[C@H](C)[C@@H](NC(=O)Cn1nc(-c2ccc(Cl)cc2)ccc1=O)C(=O)O. The molecule has 26 heavy (non-hydrogen) atoms. The molecule has 2 N–H and O–H groups in total. The summed E-state index contributed by atoms with van der Waals surface area (Å²) in [5.74, 6) is -1.93. The van der Waals surface area contributed by atoms with Gasteiger partial charge in [0.1, 0.15) is 12.6 Å². The molecular weight excluding hydrogens is 358 g/mol. The summed E-state index contributed by atoms with van der Waals surface area (Å²) < 4.78 is 1.01. The highest BCUT2D eigenvalue weighted by molar-refractivity contribution is 6.30. The molecule has 1 aromatic carbocycles. The van der Waals surface area contributed by atoms with Crippen LogP contribution in [-0.4, -0.2) is 32.8 Å². The van der Waals surface area contributed by atoms with Gasteiger partial charge in [0.25, 0.3) is 5.56 Å². The molecule has 2 rings (SSSR count). The van der Waals surface area contributed by atoms with E-state index < -0.39 is 23.5 Å².